The molecule has 0 aliphatic carbocycles. The maximum atomic E-state index is 11.4. The largest absolute Gasteiger partial charge is 0.465 e. The van der Waals surface area contributed by atoms with Crippen molar-refractivity contribution < 1.29 is 32.0 Å². The van der Waals surface area contributed by atoms with Gasteiger partial charge in [-0.3, -0.25) is 4.55 Å². The van der Waals surface area contributed by atoms with Crippen LogP contribution in [0, 0.1) is 0 Å². The molecule has 8 heteroatoms. The molecule has 0 unspecified atom stereocenters. The molecule has 0 aliphatic rings. The molecular weight excluding hydrogens is 264 g/mol. The Balaban J connectivity index is 3.48. The van der Waals surface area contributed by atoms with Crippen molar-refractivity contribution in [1.82, 2.24) is 0 Å². The van der Waals surface area contributed by atoms with Crippen LogP contribution in [0.15, 0.2) is 23.1 Å². The highest BCUT2D eigenvalue weighted by Gasteiger charge is 2.21. The van der Waals surface area contributed by atoms with Gasteiger partial charge in [-0.05, 0) is 18.2 Å². The fourth-order valence-corrected chi connectivity index (χ4v) is 1.76. The second-order valence-electron chi connectivity index (χ2n) is 3.17. The highest BCUT2D eigenvalue weighted by Crippen LogP contribution is 2.18. The van der Waals surface area contributed by atoms with Gasteiger partial charge in [-0.25, -0.2) is 9.59 Å². The third kappa shape index (κ3) is 2.84. The zero-order valence-electron chi connectivity index (χ0n) is 9.54. The maximum absolute atomic E-state index is 11.4. The first-order valence-corrected chi connectivity index (χ1v) is 6.03. The summed E-state index contributed by atoms with van der Waals surface area (Å²) in [6.45, 7) is 0. The lowest BCUT2D eigenvalue weighted by Gasteiger charge is -2.07. The molecule has 0 saturated heterocycles. The number of carbonyl (C=O) groups is 2. The molecule has 0 spiro atoms. The fraction of sp³-hybridized carbons (Fsp3) is 0.200. The Morgan fingerprint density at radius 3 is 2.00 bits per heavy atom. The van der Waals surface area contributed by atoms with E-state index in [1.54, 1.807) is 0 Å². The molecule has 1 aromatic carbocycles. The Bertz CT molecular complexity index is 588. The zero-order chi connectivity index (χ0) is 13.9. The Hall–Kier alpha value is -1.93. The quantitative estimate of drug-likeness (QED) is 0.631. The maximum Gasteiger partial charge on any atom is 0.338 e. The Labute approximate surface area is 103 Å². The SMILES string of the molecule is COC(=O)c1ccc(S(=O)(=O)O)cc1C(=O)OC. The molecule has 0 saturated carbocycles. The molecule has 0 bridgehead atoms. The van der Waals surface area contributed by atoms with Crippen LogP contribution >= 0.6 is 0 Å². The van der Waals surface area contributed by atoms with Gasteiger partial charge in [0.05, 0.1) is 30.2 Å². The molecule has 1 N–H and O–H groups in total. The summed E-state index contributed by atoms with van der Waals surface area (Å²) in [4.78, 5) is 22.3. The highest BCUT2D eigenvalue weighted by atomic mass is 32.2. The number of carbonyl (C=O) groups excluding carboxylic acids is 2. The first-order valence-electron chi connectivity index (χ1n) is 4.59. The van der Waals surface area contributed by atoms with E-state index in [2.05, 4.69) is 9.47 Å². The van der Waals surface area contributed by atoms with Crippen molar-refractivity contribution >= 4 is 22.1 Å². The number of esters is 2. The molecule has 1 rings (SSSR count). The van der Waals surface area contributed by atoms with Crippen molar-refractivity contribution in [2.75, 3.05) is 14.2 Å². The number of benzene rings is 1. The molecule has 1 aromatic rings. The van der Waals surface area contributed by atoms with E-state index in [-0.39, 0.29) is 11.1 Å². The Morgan fingerprint density at radius 1 is 1.06 bits per heavy atom. The van der Waals surface area contributed by atoms with E-state index in [4.69, 9.17) is 4.55 Å². The van der Waals surface area contributed by atoms with Crippen LogP contribution in [-0.2, 0) is 19.6 Å². The van der Waals surface area contributed by atoms with Crippen LogP contribution in [0.5, 0.6) is 0 Å². The van der Waals surface area contributed by atoms with Crippen LogP contribution in [0.2, 0.25) is 0 Å². The lowest BCUT2D eigenvalue weighted by atomic mass is 10.1. The number of methoxy groups -OCH3 is 2. The summed E-state index contributed by atoms with van der Waals surface area (Å²) in [7, 11) is -2.29. The second kappa shape index (κ2) is 5.15. The third-order valence-electron chi connectivity index (χ3n) is 2.10. The molecule has 0 heterocycles. The van der Waals surface area contributed by atoms with Crippen molar-refractivity contribution in [3.8, 4) is 0 Å². The monoisotopic (exact) mass is 274 g/mol. The van der Waals surface area contributed by atoms with E-state index in [1.165, 1.54) is 0 Å². The van der Waals surface area contributed by atoms with Gasteiger partial charge < -0.3 is 9.47 Å². The van der Waals surface area contributed by atoms with E-state index in [0.29, 0.717) is 0 Å². The molecule has 0 amide bonds. The minimum absolute atomic E-state index is 0.156. The first-order chi connectivity index (χ1) is 8.31. The molecule has 7 nitrogen and oxygen atoms in total. The molecule has 0 aliphatic heterocycles. The molecule has 98 valence electrons. The molecule has 0 fully saturated rings. The molecule has 0 radical (unpaired) electrons. The van der Waals surface area contributed by atoms with Gasteiger partial charge >= 0.3 is 11.9 Å². The molecule has 0 aromatic heterocycles. The van der Waals surface area contributed by atoms with Crippen molar-refractivity contribution in [3.63, 3.8) is 0 Å². The molecule has 18 heavy (non-hydrogen) atoms. The van der Waals surface area contributed by atoms with E-state index < -0.39 is 27.0 Å². The van der Waals surface area contributed by atoms with Gasteiger partial charge in [0, 0.05) is 0 Å². The minimum atomic E-state index is -4.48. The summed E-state index contributed by atoms with van der Waals surface area (Å²) in [5.74, 6) is -1.74. The first kappa shape index (κ1) is 14.1. The number of hydrogen-bond donors (Lipinski definition) is 1. The van der Waals surface area contributed by atoms with Gasteiger partial charge in [-0.2, -0.15) is 8.42 Å². The summed E-state index contributed by atoms with van der Waals surface area (Å²) in [5.41, 5.74) is -0.462. The van der Waals surface area contributed by atoms with Gasteiger partial charge in [0.15, 0.2) is 0 Å². The fourth-order valence-electron chi connectivity index (χ4n) is 1.25. The zero-order valence-corrected chi connectivity index (χ0v) is 10.4. The summed E-state index contributed by atoms with van der Waals surface area (Å²) in [5, 5.41) is 0. The van der Waals surface area contributed by atoms with Crippen LogP contribution < -0.4 is 0 Å². The van der Waals surface area contributed by atoms with Crippen LogP contribution in [0.3, 0.4) is 0 Å². The van der Waals surface area contributed by atoms with Crippen molar-refractivity contribution in [3.05, 3.63) is 29.3 Å². The Kier molecular flexibility index (Phi) is 4.04. The van der Waals surface area contributed by atoms with Gasteiger partial charge in [0.25, 0.3) is 10.1 Å². The predicted octanol–water partition coefficient (Wildman–Crippen LogP) is 0.506. The van der Waals surface area contributed by atoms with E-state index in [1.807, 2.05) is 0 Å². The minimum Gasteiger partial charge on any atom is -0.465 e. The average Bonchev–Trinajstić information content (AvgIpc) is 2.35. The smallest absolute Gasteiger partial charge is 0.338 e. The van der Waals surface area contributed by atoms with Crippen LogP contribution in [0.4, 0.5) is 0 Å². The number of rotatable bonds is 3. The van der Waals surface area contributed by atoms with Gasteiger partial charge in [-0.1, -0.05) is 0 Å². The van der Waals surface area contributed by atoms with Crippen molar-refractivity contribution in [1.29, 1.82) is 0 Å². The summed E-state index contributed by atoms with van der Waals surface area (Å²) < 4.78 is 39.6. The van der Waals surface area contributed by atoms with Crippen LogP contribution in [0.25, 0.3) is 0 Å². The summed E-state index contributed by atoms with van der Waals surface area (Å²) in [6.07, 6.45) is 0. The summed E-state index contributed by atoms with van der Waals surface area (Å²) >= 11 is 0. The van der Waals surface area contributed by atoms with E-state index in [0.717, 1.165) is 32.4 Å². The normalized spacial score (nSPS) is 10.8. The summed E-state index contributed by atoms with van der Waals surface area (Å²) in [6, 6.07) is 2.88. The Morgan fingerprint density at radius 2 is 1.56 bits per heavy atom. The topological polar surface area (TPSA) is 107 Å². The number of ether oxygens (including phenoxy) is 2. The van der Waals surface area contributed by atoms with Gasteiger partial charge in [0.2, 0.25) is 0 Å². The molecular formula is C10H10O7S. The highest BCUT2D eigenvalue weighted by molar-refractivity contribution is 7.85. The van der Waals surface area contributed by atoms with Crippen molar-refractivity contribution in [2.45, 2.75) is 4.90 Å². The van der Waals surface area contributed by atoms with Crippen LogP contribution in [-0.4, -0.2) is 39.1 Å². The van der Waals surface area contributed by atoms with Gasteiger partial charge in [-0.15, -0.1) is 0 Å². The lowest BCUT2D eigenvalue weighted by molar-refractivity contribution is 0.0555. The standard InChI is InChI=1S/C10H10O7S/c1-16-9(11)7-4-3-6(18(13,14)15)5-8(7)10(12)17-2/h3-5H,1-2H3,(H,13,14,15). The average molecular weight is 274 g/mol. The van der Waals surface area contributed by atoms with Crippen molar-refractivity contribution in [2.24, 2.45) is 0 Å². The van der Waals surface area contributed by atoms with E-state index >= 15 is 0 Å². The number of hydrogen-bond acceptors (Lipinski definition) is 6. The predicted molar refractivity (Wildman–Crippen MR) is 58.9 cm³/mol. The molecule has 0 atom stereocenters. The lowest BCUT2D eigenvalue weighted by Crippen LogP contribution is -2.13. The van der Waals surface area contributed by atoms with E-state index in [9.17, 15) is 18.0 Å². The second-order valence-corrected chi connectivity index (χ2v) is 4.59. The van der Waals surface area contributed by atoms with Gasteiger partial charge in [0.1, 0.15) is 0 Å². The third-order valence-corrected chi connectivity index (χ3v) is 2.95. The van der Waals surface area contributed by atoms with Crippen LogP contribution in [0.1, 0.15) is 20.7 Å².